The smallest absolute Gasteiger partial charge is 0.236 e. The van der Waals surface area contributed by atoms with E-state index in [0.717, 1.165) is 44.7 Å². The Kier molecular flexibility index (Phi) is 5.44. The van der Waals surface area contributed by atoms with Gasteiger partial charge in [-0.1, -0.05) is 6.92 Å². The number of nitrogens with two attached hydrogens (primary N) is 1. The summed E-state index contributed by atoms with van der Waals surface area (Å²) in [5.74, 6) is 1.10. The Morgan fingerprint density at radius 1 is 1.25 bits per heavy atom. The molecule has 1 aliphatic heterocycles. The number of carbonyl (C=O) groups is 1. The van der Waals surface area contributed by atoms with Gasteiger partial charge in [-0.05, 0) is 57.9 Å². The van der Waals surface area contributed by atoms with Crippen LogP contribution in [0, 0.1) is 5.92 Å². The van der Waals surface area contributed by atoms with Crippen LogP contribution in [0.3, 0.4) is 0 Å². The summed E-state index contributed by atoms with van der Waals surface area (Å²) in [6.07, 6.45) is 8.33. The third-order valence-electron chi connectivity index (χ3n) is 5.48. The third kappa shape index (κ3) is 3.53. The van der Waals surface area contributed by atoms with Gasteiger partial charge < -0.3 is 10.6 Å². The van der Waals surface area contributed by atoms with Crippen molar-refractivity contribution in [3.05, 3.63) is 0 Å². The van der Waals surface area contributed by atoms with Gasteiger partial charge in [0, 0.05) is 25.2 Å². The molecule has 0 aromatic heterocycles. The quantitative estimate of drug-likeness (QED) is 0.855. The van der Waals surface area contributed by atoms with Crippen molar-refractivity contribution in [2.45, 2.75) is 57.4 Å². The van der Waals surface area contributed by atoms with Crippen LogP contribution in [0.4, 0.5) is 0 Å². The van der Waals surface area contributed by atoms with Crippen molar-refractivity contribution in [1.82, 2.24) is 9.80 Å². The minimum Gasteiger partial charge on any atom is -0.342 e. The van der Waals surface area contributed by atoms with Crippen LogP contribution in [-0.4, -0.2) is 54.5 Å². The second kappa shape index (κ2) is 6.90. The van der Waals surface area contributed by atoms with Crippen LogP contribution in [0.1, 0.15) is 51.9 Å². The summed E-state index contributed by atoms with van der Waals surface area (Å²) < 4.78 is 0. The molecule has 116 valence electrons. The van der Waals surface area contributed by atoms with Gasteiger partial charge in [0.1, 0.15) is 0 Å². The zero-order valence-corrected chi connectivity index (χ0v) is 13.2. The number of hydrogen-bond donors (Lipinski definition) is 1. The fraction of sp³-hybridized carbons (Fsp3) is 0.938. The molecule has 2 rings (SSSR count). The van der Waals surface area contributed by atoms with Crippen molar-refractivity contribution in [1.29, 1.82) is 0 Å². The SMILES string of the molecule is CC1CCC(CN)(N(C)CC(=O)N2CCCCC2)CC1. The molecule has 1 heterocycles. The molecular weight excluding hydrogens is 250 g/mol. The molecule has 0 radical (unpaired) electrons. The van der Waals surface area contributed by atoms with Gasteiger partial charge in [0.15, 0.2) is 0 Å². The maximum atomic E-state index is 12.4. The van der Waals surface area contributed by atoms with E-state index in [1.165, 1.54) is 19.3 Å². The van der Waals surface area contributed by atoms with Gasteiger partial charge in [0.25, 0.3) is 0 Å². The average Bonchev–Trinajstić information content (AvgIpc) is 2.49. The molecule has 0 atom stereocenters. The Labute approximate surface area is 123 Å². The summed E-state index contributed by atoms with van der Waals surface area (Å²) in [6, 6.07) is 0. The number of piperidine rings is 1. The highest BCUT2D eigenvalue weighted by molar-refractivity contribution is 5.78. The molecule has 0 aromatic rings. The maximum Gasteiger partial charge on any atom is 0.236 e. The largest absolute Gasteiger partial charge is 0.342 e. The number of likely N-dealkylation sites (tertiary alicyclic amines) is 1. The first-order valence-electron chi connectivity index (χ1n) is 8.26. The molecule has 0 bridgehead atoms. The lowest BCUT2D eigenvalue weighted by Gasteiger charge is -2.45. The highest BCUT2D eigenvalue weighted by Gasteiger charge is 2.37. The van der Waals surface area contributed by atoms with Crippen LogP contribution in [0.25, 0.3) is 0 Å². The Bertz CT molecular complexity index is 318. The van der Waals surface area contributed by atoms with E-state index < -0.39 is 0 Å². The van der Waals surface area contributed by atoms with Gasteiger partial charge in [0.05, 0.1) is 6.54 Å². The van der Waals surface area contributed by atoms with Crippen LogP contribution < -0.4 is 5.73 Å². The summed E-state index contributed by atoms with van der Waals surface area (Å²) in [5, 5.41) is 0. The molecule has 0 spiro atoms. The van der Waals surface area contributed by atoms with Gasteiger partial charge in [-0.3, -0.25) is 9.69 Å². The van der Waals surface area contributed by atoms with Crippen LogP contribution in [0.15, 0.2) is 0 Å². The Morgan fingerprint density at radius 3 is 2.40 bits per heavy atom. The minimum absolute atomic E-state index is 0.0535. The molecule has 2 aliphatic rings. The van der Waals surface area contributed by atoms with Crippen LogP contribution >= 0.6 is 0 Å². The summed E-state index contributed by atoms with van der Waals surface area (Å²) in [7, 11) is 2.09. The van der Waals surface area contributed by atoms with Crippen LogP contribution in [0.5, 0.6) is 0 Å². The van der Waals surface area contributed by atoms with Gasteiger partial charge >= 0.3 is 0 Å². The average molecular weight is 281 g/mol. The number of likely N-dealkylation sites (N-methyl/N-ethyl adjacent to an activating group) is 1. The molecule has 20 heavy (non-hydrogen) atoms. The van der Waals surface area contributed by atoms with Gasteiger partial charge in [-0.15, -0.1) is 0 Å². The van der Waals surface area contributed by atoms with Crippen molar-refractivity contribution in [2.24, 2.45) is 11.7 Å². The van der Waals surface area contributed by atoms with E-state index >= 15 is 0 Å². The predicted octanol–water partition coefficient (Wildman–Crippen LogP) is 1.84. The van der Waals surface area contributed by atoms with E-state index in [1.54, 1.807) is 0 Å². The zero-order valence-electron chi connectivity index (χ0n) is 13.2. The lowest BCUT2D eigenvalue weighted by molar-refractivity contribution is -0.134. The summed E-state index contributed by atoms with van der Waals surface area (Å²) in [6.45, 7) is 5.41. The number of hydrogen-bond acceptors (Lipinski definition) is 3. The van der Waals surface area contributed by atoms with Gasteiger partial charge in [-0.2, -0.15) is 0 Å². The summed E-state index contributed by atoms with van der Waals surface area (Å²) in [4.78, 5) is 16.7. The van der Waals surface area contributed by atoms with E-state index in [0.29, 0.717) is 19.0 Å². The molecule has 2 fully saturated rings. The van der Waals surface area contributed by atoms with E-state index in [9.17, 15) is 4.79 Å². The van der Waals surface area contributed by atoms with Gasteiger partial charge in [0.2, 0.25) is 5.91 Å². The predicted molar refractivity (Wildman–Crippen MR) is 82.5 cm³/mol. The van der Waals surface area contributed by atoms with E-state index in [2.05, 4.69) is 18.9 Å². The first kappa shape index (κ1) is 15.8. The number of amides is 1. The first-order chi connectivity index (χ1) is 9.57. The second-order valence-electron chi connectivity index (χ2n) is 6.91. The Hall–Kier alpha value is -0.610. The summed E-state index contributed by atoms with van der Waals surface area (Å²) >= 11 is 0. The molecule has 0 unspecified atom stereocenters. The molecular formula is C16H31N3O. The molecule has 1 amide bonds. The highest BCUT2D eigenvalue weighted by Crippen LogP contribution is 2.35. The number of rotatable bonds is 4. The lowest BCUT2D eigenvalue weighted by Crippen LogP contribution is -2.56. The number of nitrogens with zero attached hydrogens (tertiary/aromatic N) is 2. The molecule has 1 saturated carbocycles. The van der Waals surface area contributed by atoms with Crippen LogP contribution in [-0.2, 0) is 4.79 Å². The Balaban J connectivity index is 1.91. The zero-order chi connectivity index (χ0) is 14.6. The normalized spacial score (nSPS) is 31.6. The van der Waals surface area contributed by atoms with Crippen LogP contribution in [0.2, 0.25) is 0 Å². The molecule has 1 aliphatic carbocycles. The van der Waals surface area contributed by atoms with Crippen molar-refractivity contribution in [3.63, 3.8) is 0 Å². The van der Waals surface area contributed by atoms with Gasteiger partial charge in [-0.25, -0.2) is 0 Å². The molecule has 2 N–H and O–H groups in total. The first-order valence-corrected chi connectivity index (χ1v) is 8.26. The fourth-order valence-corrected chi connectivity index (χ4v) is 3.66. The monoisotopic (exact) mass is 281 g/mol. The molecule has 4 nitrogen and oxygen atoms in total. The number of carbonyl (C=O) groups excluding carboxylic acids is 1. The molecule has 1 saturated heterocycles. The Morgan fingerprint density at radius 2 is 1.85 bits per heavy atom. The molecule has 4 heteroatoms. The van der Waals surface area contributed by atoms with Crippen molar-refractivity contribution >= 4 is 5.91 Å². The van der Waals surface area contributed by atoms with E-state index in [4.69, 9.17) is 5.73 Å². The van der Waals surface area contributed by atoms with Crippen molar-refractivity contribution in [3.8, 4) is 0 Å². The second-order valence-corrected chi connectivity index (χ2v) is 6.91. The van der Waals surface area contributed by atoms with E-state index in [-0.39, 0.29) is 5.54 Å². The van der Waals surface area contributed by atoms with Crippen molar-refractivity contribution < 1.29 is 4.79 Å². The molecule has 0 aromatic carbocycles. The topological polar surface area (TPSA) is 49.6 Å². The minimum atomic E-state index is 0.0535. The lowest BCUT2D eigenvalue weighted by atomic mass is 9.76. The van der Waals surface area contributed by atoms with Crippen molar-refractivity contribution in [2.75, 3.05) is 33.2 Å². The fourth-order valence-electron chi connectivity index (χ4n) is 3.66. The summed E-state index contributed by atoms with van der Waals surface area (Å²) in [5.41, 5.74) is 6.13. The third-order valence-corrected chi connectivity index (χ3v) is 5.48. The standard InChI is InChI=1S/C16H31N3O/c1-14-6-8-16(13-17,9-7-14)18(2)12-15(20)19-10-4-3-5-11-19/h14H,3-13,17H2,1-2H3. The highest BCUT2D eigenvalue weighted by atomic mass is 16.2. The van der Waals surface area contributed by atoms with E-state index in [1.807, 2.05) is 4.90 Å². The maximum absolute atomic E-state index is 12.4.